The molecule has 2 aromatic carbocycles. The van der Waals surface area contributed by atoms with Crippen molar-refractivity contribution in [3.8, 4) is 11.8 Å². The largest absolute Gasteiger partial charge is 0.234 e. The number of aromatic nitrogens is 2. The molecule has 3 rings (SSSR count). The van der Waals surface area contributed by atoms with Gasteiger partial charge in [0.2, 0.25) is 0 Å². The van der Waals surface area contributed by atoms with Crippen LogP contribution in [0.1, 0.15) is 22.4 Å². The minimum Gasteiger partial charge on any atom is -0.234 e. The van der Waals surface area contributed by atoms with Gasteiger partial charge in [-0.15, -0.1) is 0 Å². The molecule has 0 fully saturated rings. The van der Waals surface area contributed by atoms with Crippen LogP contribution in [0.2, 0.25) is 5.15 Å². The number of benzene rings is 2. The molecule has 0 saturated heterocycles. The fourth-order valence-electron chi connectivity index (χ4n) is 1.99. The molecule has 0 atom stereocenters. The van der Waals surface area contributed by atoms with Crippen LogP contribution in [0.25, 0.3) is 11.0 Å². The molecule has 0 aliphatic carbocycles. The van der Waals surface area contributed by atoms with Crippen LogP contribution >= 0.6 is 11.6 Å². The normalized spacial score (nSPS) is 10.2. The molecule has 0 N–H and O–H groups in total. The topological polar surface area (TPSA) is 25.8 Å². The van der Waals surface area contributed by atoms with Crippen molar-refractivity contribution >= 4 is 22.6 Å². The number of fused-ring (bicyclic) bond motifs is 1. The van der Waals surface area contributed by atoms with Crippen LogP contribution in [0.5, 0.6) is 0 Å². The Hall–Kier alpha value is -2.37. The number of nitrogens with zero attached hydrogens (tertiary/aromatic N) is 2. The second-order valence-corrected chi connectivity index (χ2v) is 5.33. The van der Waals surface area contributed by atoms with Crippen LogP contribution < -0.4 is 0 Å². The van der Waals surface area contributed by atoms with Crippen molar-refractivity contribution < 1.29 is 0 Å². The maximum absolute atomic E-state index is 6.16. The van der Waals surface area contributed by atoms with Crippen LogP contribution in [-0.2, 0) is 0 Å². The van der Waals surface area contributed by atoms with E-state index in [9.17, 15) is 0 Å². The van der Waals surface area contributed by atoms with Gasteiger partial charge < -0.3 is 0 Å². The third-order valence-electron chi connectivity index (χ3n) is 3.15. The van der Waals surface area contributed by atoms with E-state index in [1.807, 2.05) is 56.3 Å². The van der Waals surface area contributed by atoms with Gasteiger partial charge in [-0.25, -0.2) is 9.97 Å². The first-order valence-electron chi connectivity index (χ1n) is 6.64. The van der Waals surface area contributed by atoms with Gasteiger partial charge in [0, 0.05) is 5.56 Å². The third-order valence-corrected chi connectivity index (χ3v) is 3.42. The van der Waals surface area contributed by atoms with Crippen molar-refractivity contribution in [1.29, 1.82) is 0 Å². The Labute approximate surface area is 128 Å². The number of rotatable bonds is 0. The van der Waals surface area contributed by atoms with Gasteiger partial charge in [0.15, 0.2) is 10.8 Å². The maximum Gasteiger partial charge on any atom is 0.164 e. The Morgan fingerprint density at radius 2 is 1.52 bits per heavy atom. The molecule has 0 radical (unpaired) electrons. The van der Waals surface area contributed by atoms with Gasteiger partial charge in [-0.2, -0.15) is 0 Å². The van der Waals surface area contributed by atoms with Crippen molar-refractivity contribution in [3.63, 3.8) is 0 Å². The van der Waals surface area contributed by atoms with E-state index in [0.717, 1.165) is 22.2 Å². The average Bonchev–Trinajstić information content (AvgIpc) is 2.47. The van der Waals surface area contributed by atoms with Gasteiger partial charge in [-0.05, 0) is 49.6 Å². The van der Waals surface area contributed by atoms with Gasteiger partial charge in [0.25, 0.3) is 0 Å². The summed E-state index contributed by atoms with van der Waals surface area (Å²) in [6, 6.07) is 13.9. The molecule has 102 valence electrons. The number of hydrogen-bond acceptors (Lipinski definition) is 2. The van der Waals surface area contributed by atoms with Gasteiger partial charge in [-0.1, -0.05) is 41.3 Å². The zero-order valence-corrected chi connectivity index (χ0v) is 12.6. The standard InChI is InChI=1S/C18H13ClN2/c1-12-3-6-14(7-4-12)8-10-16-18(19)21-15-9-5-13(2)11-17(15)20-16/h3-7,9,11H,1-2H3. The molecule has 0 bridgehead atoms. The molecule has 0 aliphatic heterocycles. The quantitative estimate of drug-likeness (QED) is 0.577. The van der Waals surface area contributed by atoms with Gasteiger partial charge in [0.1, 0.15) is 0 Å². The average molecular weight is 293 g/mol. The van der Waals surface area contributed by atoms with Crippen LogP contribution in [-0.4, -0.2) is 9.97 Å². The summed E-state index contributed by atoms with van der Waals surface area (Å²) >= 11 is 6.16. The molecule has 1 heterocycles. The number of hydrogen-bond donors (Lipinski definition) is 0. The van der Waals surface area contributed by atoms with E-state index >= 15 is 0 Å². The minimum absolute atomic E-state index is 0.339. The Balaban J connectivity index is 2.04. The number of aryl methyl sites for hydroxylation is 2. The van der Waals surface area contributed by atoms with Gasteiger partial charge >= 0.3 is 0 Å². The first-order chi connectivity index (χ1) is 10.1. The first kappa shape index (κ1) is 13.6. The summed E-state index contributed by atoms with van der Waals surface area (Å²) in [7, 11) is 0. The van der Waals surface area contributed by atoms with E-state index in [-0.39, 0.29) is 0 Å². The minimum atomic E-state index is 0.339. The fourth-order valence-corrected chi connectivity index (χ4v) is 2.17. The van der Waals surface area contributed by atoms with Crippen molar-refractivity contribution in [1.82, 2.24) is 9.97 Å². The van der Waals surface area contributed by atoms with E-state index in [4.69, 9.17) is 11.6 Å². The van der Waals surface area contributed by atoms with E-state index in [1.165, 1.54) is 5.56 Å². The lowest BCUT2D eigenvalue weighted by Crippen LogP contribution is -1.92. The second kappa shape index (κ2) is 5.55. The van der Waals surface area contributed by atoms with Crippen molar-refractivity contribution in [3.05, 3.63) is 70.0 Å². The van der Waals surface area contributed by atoms with Crippen molar-refractivity contribution in [2.75, 3.05) is 0 Å². The van der Waals surface area contributed by atoms with Crippen LogP contribution in [0, 0.1) is 25.7 Å². The predicted octanol–water partition coefficient (Wildman–Crippen LogP) is 4.30. The summed E-state index contributed by atoms with van der Waals surface area (Å²) < 4.78 is 0. The monoisotopic (exact) mass is 292 g/mol. The lowest BCUT2D eigenvalue weighted by atomic mass is 10.1. The summed E-state index contributed by atoms with van der Waals surface area (Å²) in [5.74, 6) is 6.08. The lowest BCUT2D eigenvalue weighted by molar-refractivity contribution is 1.25. The zero-order valence-electron chi connectivity index (χ0n) is 11.8. The van der Waals surface area contributed by atoms with Crippen molar-refractivity contribution in [2.45, 2.75) is 13.8 Å². The zero-order chi connectivity index (χ0) is 14.8. The third kappa shape index (κ3) is 3.04. The molecule has 21 heavy (non-hydrogen) atoms. The fraction of sp³-hybridized carbons (Fsp3) is 0.111. The number of halogens is 1. The maximum atomic E-state index is 6.16. The van der Waals surface area contributed by atoms with E-state index in [2.05, 4.69) is 21.8 Å². The molecular formula is C18H13ClN2. The van der Waals surface area contributed by atoms with Gasteiger partial charge in [-0.3, -0.25) is 0 Å². The highest BCUT2D eigenvalue weighted by Gasteiger charge is 2.04. The predicted molar refractivity (Wildman–Crippen MR) is 86.4 cm³/mol. The molecule has 0 aliphatic rings. The Bertz CT molecular complexity index is 871. The highest BCUT2D eigenvalue weighted by molar-refractivity contribution is 6.30. The van der Waals surface area contributed by atoms with E-state index < -0.39 is 0 Å². The Morgan fingerprint density at radius 3 is 2.29 bits per heavy atom. The van der Waals surface area contributed by atoms with E-state index in [0.29, 0.717) is 10.8 Å². The molecule has 2 nitrogen and oxygen atoms in total. The summed E-state index contributed by atoms with van der Waals surface area (Å²) in [5, 5.41) is 0.339. The smallest absolute Gasteiger partial charge is 0.164 e. The van der Waals surface area contributed by atoms with E-state index in [1.54, 1.807) is 0 Å². The van der Waals surface area contributed by atoms with Crippen LogP contribution in [0.4, 0.5) is 0 Å². The highest BCUT2D eigenvalue weighted by Crippen LogP contribution is 2.17. The SMILES string of the molecule is Cc1ccc(C#Cc2nc3cc(C)ccc3nc2Cl)cc1. The summed E-state index contributed by atoms with van der Waals surface area (Å²) in [6.45, 7) is 4.07. The highest BCUT2D eigenvalue weighted by atomic mass is 35.5. The van der Waals surface area contributed by atoms with Crippen LogP contribution in [0.3, 0.4) is 0 Å². The second-order valence-electron chi connectivity index (χ2n) is 4.97. The van der Waals surface area contributed by atoms with Crippen molar-refractivity contribution in [2.24, 2.45) is 0 Å². The lowest BCUT2D eigenvalue weighted by Gasteiger charge is -2.01. The Kier molecular flexibility index (Phi) is 3.60. The molecule has 3 aromatic rings. The molecular weight excluding hydrogens is 280 g/mol. The Morgan fingerprint density at radius 1 is 0.810 bits per heavy atom. The summed E-state index contributed by atoms with van der Waals surface area (Å²) in [6.07, 6.45) is 0. The van der Waals surface area contributed by atoms with Gasteiger partial charge in [0.05, 0.1) is 11.0 Å². The molecule has 0 saturated carbocycles. The molecule has 0 unspecified atom stereocenters. The summed E-state index contributed by atoms with van der Waals surface area (Å²) in [5.41, 5.74) is 5.38. The summed E-state index contributed by atoms with van der Waals surface area (Å²) in [4.78, 5) is 8.84. The molecule has 3 heteroatoms. The molecule has 0 spiro atoms. The van der Waals surface area contributed by atoms with Crippen LogP contribution in [0.15, 0.2) is 42.5 Å². The molecule has 1 aromatic heterocycles. The first-order valence-corrected chi connectivity index (χ1v) is 7.02. The molecule has 0 amide bonds.